The number of rotatable bonds is 7. The van der Waals surface area contributed by atoms with Crippen LogP contribution in [-0.4, -0.2) is 24.5 Å². The van der Waals surface area contributed by atoms with Gasteiger partial charge < -0.3 is 15.4 Å². The first-order chi connectivity index (χ1) is 11.8. The van der Waals surface area contributed by atoms with Crippen LogP contribution in [0.1, 0.15) is 46.9 Å². The van der Waals surface area contributed by atoms with Gasteiger partial charge in [-0.25, -0.2) is 0 Å². The molecule has 2 aromatic rings. The van der Waals surface area contributed by atoms with Crippen molar-refractivity contribution in [1.29, 1.82) is 0 Å². The molecule has 0 saturated carbocycles. The van der Waals surface area contributed by atoms with Gasteiger partial charge in [0.15, 0.2) is 0 Å². The van der Waals surface area contributed by atoms with Gasteiger partial charge in [-0.05, 0) is 57.5 Å². The summed E-state index contributed by atoms with van der Waals surface area (Å²) >= 11 is 1.41. The average Bonchev–Trinajstić information content (AvgIpc) is 2.99. The molecular weight excluding hydrogens is 336 g/mol. The van der Waals surface area contributed by atoms with E-state index < -0.39 is 0 Å². The fourth-order valence-corrected chi connectivity index (χ4v) is 3.07. The van der Waals surface area contributed by atoms with Gasteiger partial charge in [-0.15, -0.1) is 11.3 Å². The predicted molar refractivity (Wildman–Crippen MR) is 100 cm³/mol. The number of benzene rings is 1. The molecule has 0 aliphatic rings. The van der Waals surface area contributed by atoms with Crippen LogP contribution in [0, 0.1) is 6.92 Å². The van der Waals surface area contributed by atoms with E-state index in [0.717, 1.165) is 16.2 Å². The van der Waals surface area contributed by atoms with Gasteiger partial charge >= 0.3 is 0 Å². The van der Waals surface area contributed by atoms with Gasteiger partial charge in [0.1, 0.15) is 5.75 Å². The molecule has 134 valence electrons. The maximum atomic E-state index is 12.0. The first-order valence-electron chi connectivity index (χ1n) is 8.25. The highest BCUT2D eigenvalue weighted by Gasteiger charge is 2.13. The summed E-state index contributed by atoms with van der Waals surface area (Å²) in [5.41, 5.74) is 0.977. The Bertz CT molecular complexity index is 723. The summed E-state index contributed by atoms with van der Waals surface area (Å²) in [4.78, 5) is 25.7. The molecule has 0 bridgehead atoms. The number of aryl methyl sites for hydroxylation is 1. The Kier molecular flexibility index (Phi) is 6.58. The molecule has 0 fully saturated rings. The van der Waals surface area contributed by atoms with Crippen molar-refractivity contribution in [2.24, 2.45) is 0 Å². The molecule has 1 aromatic carbocycles. The van der Waals surface area contributed by atoms with Gasteiger partial charge in [-0.2, -0.15) is 0 Å². The summed E-state index contributed by atoms with van der Waals surface area (Å²) in [6, 6.07) is 11.1. The summed E-state index contributed by atoms with van der Waals surface area (Å²) in [7, 11) is 0. The van der Waals surface area contributed by atoms with Gasteiger partial charge in [-0.3, -0.25) is 9.59 Å². The lowest BCUT2D eigenvalue weighted by Crippen LogP contribution is -2.37. The third kappa shape index (κ3) is 5.90. The van der Waals surface area contributed by atoms with Crippen LogP contribution >= 0.6 is 11.3 Å². The van der Waals surface area contributed by atoms with E-state index in [1.807, 2.05) is 58.0 Å². The molecule has 2 amide bonds. The minimum Gasteiger partial charge on any atom is -0.491 e. The second-order valence-electron chi connectivity index (χ2n) is 6.12. The number of hydrogen-bond acceptors (Lipinski definition) is 4. The summed E-state index contributed by atoms with van der Waals surface area (Å²) < 4.78 is 5.60. The molecule has 1 aromatic heterocycles. The molecule has 2 N–H and O–H groups in total. The molecule has 5 nitrogen and oxygen atoms in total. The number of nitrogens with one attached hydrogen (secondary N) is 2. The van der Waals surface area contributed by atoms with E-state index >= 15 is 0 Å². The Labute approximate surface area is 152 Å². The van der Waals surface area contributed by atoms with Crippen LogP contribution in [0.3, 0.4) is 0 Å². The van der Waals surface area contributed by atoms with Crippen LogP contribution in [-0.2, 0) is 4.79 Å². The van der Waals surface area contributed by atoms with Crippen molar-refractivity contribution in [2.45, 2.75) is 39.8 Å². The third-order valence-corrected chi connectivity index (χ3v) is 4.50. The Morgan fingerprint density at radius 2 is 1.76 bits per heavy atom. The normalized spacial score (nSPS) is 11.9. The number of ether oxygens (including phenoxy) is 1. The number of carbonyl (C=O) groups is 2. The quantitative estimate of drug-likeness (QED) is 0.795. The second-order valence-corrected chi connectivity index (χ2v) is 7.41. The van der Waals surface area contributed by atoms with E-state index in [-0.39, 0.29) is 30.5 Å². The van der Waals surface area contributed by atoms with E-state index in [0.29, 0.717) is 4.88 Å². The Balaban J connectivity index is 1.82. The summed E-state index contributed by atoms with van der Waals surface area (Å²) in [5, 5.41) is 5.52. The van der Waals surface area contributed by atoms with Crippen molar-refractivity contribution in [3.05, 3.63) is 51.7 Å². The maximum Gasteiger partial charge on any atom is 0.261 e. The largest absolute Gasteiger partial charge is 0.491 e. The predicted octanol–water partition coefficient (Wildman–Crippen LogP) is 3.45. The van der Waals surface area contributed by atoms with Gasteiger partial charge in [0.05, 0.1) is 23.6 Å². The van der Waals surface area contributed by atoms with Crippen LogP contribution in [0.25, 0.3) is 0 Å². The molecule has 0 aliphatic heterocycles. The molecule has 6 heteroatoms. The molecule has 1 unspecified atom stereocenters. The summed E-state index contributed by atoms with van der Waals surface area (Å²) in [6.07, 6.45) is 0.124. The Hall–Kier alpha value is -2.34. The van der Waals surface area contributed by atoms with E-state index in [9.17, 15) is 9.59 Å². The van der Waals surface area contributed by atoms with Crippen molar-refractivity contribution in [3.63, 3.8) is 0 Å². The standard InChI is InChI=1S/C19H24N2O3S/c1-12(2)24-16-8-6-15(7-9-16)14(4)21-18(22)11-20-19(23)17-10-5-13(3)25-17/h5-10,12,14H,11H2,1-4H3,(H,20,23)(H,21,22). The van der Waals surface area contributed by atoms with Gasteiger partial charge in [-0.1, -0.05) is 12.1 Å². The van der Waals surface area contributed by atoms with E-state index in [1.165, 1.54) is 11.3 Å². The van der Waals surface area contributed by atoms with E-state index in [1.54, 1.807) is 6.07 Å². The fourth-order valence-electron chi connectivity index (χ4n) is 2.29. The first-order valence-corrected chi connectivity index (χ1v) is 9.07. The van der Waals surface area contributed by atoms with Crippen LogP contribution < -0.4 is 15.4 Å². The smallest absolute Gasteiger partial charge is 0.261 e. The summed E-state index contributed by atoms with van der Waals surface area (Å²) in [6.45, 7) is 7.74. The number of thiophene rings is 1. The average molecular weight is 360 g/mol. The van der Waals surface area contributed by atoms with Crippen LogP contribution in [0.15, 0.2) is 36.4 Å². The molecule has 1 heterocycles. The van der Waals surface area contributed by atoms with Crippen molar-refractivity contribution in [3.8, 4) is 5.75 Å². The molecular formula is C19H24N2O3S. The Morgan fingerprint density at radius 1 is 1.08 bits per heavy atom. The number of amides is 2. The highest BCUT2D eigenvalue weighted by molar-refractivity contribution is 7.13. The Morgan fingerprint density at radius 3 is 2.32 bits per heavy atom. The SMILES string of the molecule is Cc1ccc(C(=O)NCC(=O)NC(C)c2ccc(OC(C)C)cc2)s1. The molecule has 25 heavy (non-hydrogen) atoms. The van der Waals surface area contributed by atoms with E-state index in [4.69, 9.17) is 4.74 Å². The summed E-state index contributed by atoms with van der Waals surface area (Å²) in [5.74, 6) is 0.350. The fraction of sp³-hybridized carbons (Fsp3) is 0.368. The molecule has 0 aliphatic carbocycles. The second kappa shape index (κ2) is 8.67. The monoisotopic (exact) mass is 360 g/mol. The van der Waals surface area contributed by atoms with Crippen molar-refractivity contribution in [1.82, 2.24) is 10.6 Å². The topological polar surface area (TPSA) is 67.4 Å². The molecule has 2 rings (SSSR count). The van der Waals surface area contributed by atoms with Crippen LogP contribution in [0.2, 0.25) is 0 Å². The minimum atomic E-state index is -0.226. The third-order valence-electron chi connectivity index (χ3n) is 3.50. The first kappa shape index (κ1) is 19.0. The highest BCUT2D eigenvalue weighted by Crippen LogP contribution is 2.18. The van der Waals surface area contributed by atoms with Gasteiger partial charge in [0.2, 0.25) is 5.91 Å². The number of hydrogen-bond donors (Lipinski definition) is 2. The lowest BCUT2D eigenvalue weighted by molar-refractivity contribution is -0.120. The van der Waals surface area contributed by atoms with Crippen molar-refractivity contribution in [2.75, 3.05) is 6.54 Å². The minimum absolute atomic E-state index is 0.0470. The molecule has 0 spiro atoms. The van der Waals surface area contributed by atoms with Gasteiger partial charge in [0, 0.05) is 4.88 Å². The molecule has 0 radical (unpaired) electrons. The van der Waals surface area contributed by atoms with Crippen LogP contribution in [0.4, 0.5) is 0 Å². The lowest BCUT2D eigenvalue weighted by atomic mass is 10.1. The zero-order valence-corrected chi connectivity index (χ0v) is 15.8. The van der Waals surface area contributed by atoms with Crippen LogP contribution in [0.5, 0.6) is 5.75 Å². The number of carbonyl (C=O) groups excluding carboxylic acids is 2. The highest BCUT2D eigenvalue weighted by atomic mass is 32.1. The van der Waals surface area contributed by atoms with E-state index in [2.05, 4.69) is 10.6 Å². The molecule has 1 atom stereocenters. The zero-order chi connectivity index (χ0) is 18.4. The molecule has 0 saturated heterocycles. The maximum absolute atomic E-state index is 12.0. The van der Waals surface area contributed by atoms with Crippen molar-refractivity contribution >= 4 is 23.2 Å². The lowest BCUT2D eigenvalue weighted by Gasteiger charge is -2.16. The zero-order valence-electron chi connectivity index (χ0n) is 15.0. The van der Waals surface area contributed by atoms with Crippen molar-refractivity contribution < 1.29 is 14.3 Å². The van der Waals surface area contributed by atoms with Gasteiger partial charge in [0.25, 0.3) is 5.91 Å².